The molecule has 1 unspecified atom stereocenters. The third-order valence-corrected chi connectivity index (χ3v) is 4.87. The monoisotopic (exact) mass is 454 g/mol. The van der Waals surface area contributed by atoms with E-state index in [0.717, 1.165) is 4.68 Å². The van der Waals surface area contributed by atoms with Crippen LogP contribution in [0.2, 0.25) is 0 Å². The van der Waals surface area contributed by atoms with Gasteiger partial charge >= 0.3 is 6.18 Å². The van der Waals surface area contributed by atoms with Crippen molar-refractivity contribution >= 4 is 5.78 Å². The van der Waals surface area contributed by atoms with Gasteiger partial charge in [-0.25, -0.2) is 0 Å². The summed E-state index contributed by atoms with van der Waals surface area (Å²) < 4.78 is 52.3. The lowest BCUT2D eigenvalue weighted by Crippen LogP contribution is -2.41. The summed E-state index contributed by atoms with van der Waals surface area (Å²) in [6.45, 7) is 0. The molecule has 1 aliphatic rings. The molecule has 0 saturated heterocycles. The van der Waals surface area contributed by atoms with Crippen LogP contribution in [0.1, 0.15) is 22.0 Å². The van der Waals surface area contributed by atoms with Crippen molar-refractivity contribution in [2.45, 2.75) is 12.1 Å². The zero-order valence-corrected chi connectivity index (χ0v) is 16.5. The van der Waals surface area contributed by atoms with Gasteiger partial charge in [-0.2, -0.15) is 18.4 Å². The Balaban J connectivity index is 2.05. The van der Waals surface area contributed by atoms with Crippen molar-refractivity contribution in [1.82, 2.24) is 5.27 Å². The van der Waals surface area contributed by atoms with Crippen LogP contribution in [0.5, 0.6) is 5.95 Å². The molecule has 0 fully saturated rings. The molecule has 2 heterocycles. The Morgan fingerprint density at radius 1 is 1.12 bits per heavy atom. The molecule has 0 amide bonds. The van der Waals surface area contributed by atoms with Crippen molar-refractivity contribution in [3.05, 3.63) is 94.7 Å². The van der Waals surface area contributed by atoms with E-state index in [1.807, 2.05) is 0 Å². The van der Waals surface area contributed by atoms with E-state index in [9.17, 15) is 28.3 Å². The molecule has 4 rings (SSSR count). The van der Waals surface area contributed by atoms with E-state index in [2.05, 4.69) is 5.27 Å². The third kappa shape index (κ3) is 3.78. The largest absolute Gasteiger partial charge is 0.539 e. The lowest BCUT2D eigenvalue weighted by Gasteiger charge is -2.27. The van der Waals surface area contributed by atoms with Gasteiger partial charge in [-0.15, -0.1) is 0 Å². The summed E-state index contributed by atoms with van der Waals surface area (Å²) >= 11 is 0. The Morgan fingerprint density at radius 3 is 2.30 bits per heavy atom. The Bertz CT molecular complexity index is 1320. The van der Waals surface area contributed by atoms with Crippen molar-refractivity contribution in [3.8, 4) is 17.7 Å². The number of allylic oxidation sites excluding steroid dienone is 3. The fraction of sp³-hybridized carbons (Fsp3) is 0.0909. The lowest BCUT2D eigenvalue weighted by atomic mass is 9.82. The minimum Gasteiger partial charge on any atom is -0.539 e. The number of nitriles is 1. The number of carbonyl (C=O) groups is 1. The minimum atomic E-state index is -5.17. The number of Topliss-reactive ketones (excluding diaryl/α,β-unsaturated/α-hetero) is 1. The van der Waals surface area contributed by atoms with Gasteiger partial charge in [0.1, 0.15) is 17.6 Å². The first kappa shape index (κ1) is 21.6. The predicted molar refractivity (Wildman–Crippen MR) is 102 cm³/mol. The van der Waals surface area contributed by atoms with Crippen molar-refractivity contribution in [3.63, 3.8) is 0 Å². The second-order valence-corrected chi connectivity index (χ2v) is 6.85. The number of benzene rings is 2. The average molecular weight is 454 g/mol. The number of hydrogen-bond acceptors (Lipinski definition) is 7. The first-order valence-corrected chi connectivity index (χ1v) is 9.37. The molecule has 0 saturated carbocycles. The van der Waals surface area contributed by atoms with Gasteiger partial charge < -0.3 is 20.1 Å². The molecule has 0 spiro atoms. The Kier molecular flexibility index (Phi) is 5.35. The SMILES string of the molecule is N#CC1=C(N)OC(C(F)(F)F)=C(C(=O)c2ccccc2)C1c1c([O-])on[n+]1-c1ccccc1. The average Bonchev–Trinajstić information content (AvgIpc) is 3.19. The molecule has 0 aliphatic carbocycles. The fourth-order valence-electron chi connectivity index (χ4n) is 3.47. The Labute approximate surface area is 184 Å². The summed E-state index contributed by atoms with van der Waals surface area (Å²) in [4.78, 5) is 13.3. The van der Waals surface area contributed by atoms with E-state index < -0.39 is 52.3 Å². The molecule has 1 atom stereocenters. The highest BCUT2D eigenvalue weighted by Gasteiger charge is 2.51. The highest BCUT2D eigenvalue weighted by molar-refractivity contribution is 6.10. The molecule has 8 nitrogen and oxygen atoms in total. The molecule has 33 heavy (non-hydrogen) atoms. The van der Waals surface area contributed by atoms with Crippen LogP contribution in [0.3, 0.4) is 0 Å². The molecule has 2 aromatic carbocycles. The number of rotatable bonds is 4. The van der Waals surface area contributed by atoms with Gasteiger partial charge in [0.05, 0.1) is 10.8 Å². The number of hydrogen-bond donors (Lipinski definition) is 1. The van der Waals surface area contributed by atoms with Crippen molar-refractivity contribution in [2.75, 3.05) is 0 Å². The molecule has 3 aromatic rings. The van der Waals surface area contributed by atoms with E-state index in [1.54, 1.807) is 30.3 Å². The molecule has 11 heteroatoms. The maximum absolute atomic E-state index is 14.0. The summed E-state index contributed by atoms with van der Waals surface area (Å²) in [6.07, 6.45) is -5.17. The van der Waals surface area contributed by atoms with E-state index in [1.165, 1.54) is 36.4 Å². The number of ketones is 1. The van der Waals surface area contributed by atoms with Gasteiger partial charge in [0.15, 0.2) is 11.7 Å². The first-order valence-electron chi connectivity index (χ1n) is 9.37. The number of para-hydroxylation sites is 1. The van der Waals surface area contributed by atoms with Gasteiger partial charge in [0, 0.05) is 17.7 Å². The summed E-state index contributed by atoms with van der Waals surface area (Å²) in [5, 5.41) is 26.0. The van der Waals surface area contributed by atoms with Crippen LogP contribution in [-0.2, 0) is 4.74 Å². The van der Waals surface area contributed by atoms with E-state index in [-0.39, 0.29) is 11.3 Å². The van der Waals surface area contributed by atoms with Gasteiger partial charge in [-0.05, 0) is 4.68 Å². The number of halogens is 3. The van der Waals surface area contributed by atoms with Gasteiger partial charge in [0.25, 0.3) is 5.69 Å². The fourth-order valence-corrected chi connectivity index (χ4v) is 3.47. The van der Waals surface area contributed by atoms with E-state index >= 15 is 0 Å². The second-order valence-electron chi connectivity index (χ2n) is 6.85. The normalized spacial score (nSPS) is 16.4. The maximum atomic E-state index is 14.0. The van der Waals surface area contributed by atoms with Crippen LogP contribution in [0.4, 0.5) is 13.2 Å². The standard InChI is InChI=1S/C22H13F3N4O4/c23-22(24,25)19-16(18(30)12-7-3-1-4-8-12)15(14(11-26)20(27)32-19)17-21(31)33-28-29(17)13-9-5-2-6-10-13/h1-10,15H,27H2. The second kappa shape index (κ2) is 8.16. The number of carbonyl (C=O) groups excluding carboxylic acids is 1. The van der Waals surface area contributed by atoms with Crippen molar-refractivity contribution < 1.29 is 37.0 Å². The van der Waals surface area contributed by atoms with Crippen LogP contribution >= 0.6 is 0 Å². The zero-order valence-electron chi connectivity index (χ0n) is 16.5. The molecule has 166 valence electrons. The third-order valence-electron chi connectivity index (χ3n) is 4.87. The molecule has 0 bridgehead atoms. The molecule has 1 aromatic heterocycles. The molecular weight excluding hydrogens is 441 g/mol. The van der Waals surface area contributed by atoms with Gasteiger partial charge in [0.2, 0.25) is 17.3 Å². The predicted octanol–water partition coefficient (Wildman–Crippen LogP) is 2.53. The maximum Gasteiger partial charge on any atom is 0.450 e. The van der Waals surface area contributed by atoms with Crippen LogP contribution in [0.25, 0.3) is 5.69 Å². The molecule has 1 aliphatic heterocycles. The van der Waals surface area contributed by atoms with Crippen LogP contribution in [0.15, 0.2) is 88.0 Å². The van der Waals surface area contributed by atoms with Crippen molar-refractivity contribution in [1.29, 1.82) is 5.26 Å². The van der Waals surface area contributed by atoms with E-state index in [4.69, 9.17) is 15.0 Å². The van der Waals surface area contributed by atoms with Crippen molar-refractivity contribution in [2.24, 2.45) is 5.73 Å². The molecular formula is C22H13F3N4O4. The summed E-state index contributed by atoms with van der Waals surface area (Å²) in [7, 11) is 0. The van der Waals surface area contributed by atoms with Crippen LogP contribution in [-0.4, -0.2) is 17.2 Å². The number of nitrogens with two attached hydrogens (primary N) is 1. The highest BCUT2D eigenvalue weighted by Crippen LogP contribution is 2.46. The van der Waals surface area contributed by atoms with Crippen LogP contribution < -0.4 is 15.5 Å². The number of ether oxygens (including phenoxy) is 1. The highest BCUT2D eigenvalue weighted by atomic mass is 19.4. The smallest absolute Gasteiger partial charge is 0.450 e. The number of nitrogens with zero attached hydrogens (tertiary/aromatic N) is 3. The minimum absolute atomic E-state index is 0.115. The zero-order chi connectivity index (χ0) is 23.8. The van der Waals surface area contributed by atoms with Gasteiger partial charge in [-0.3, -0.25) is 4.79 Å². The first-order chi connectivity index (χ1) is 15.7. The summed E-state index contributed by atoms with van der Waals surface area (Å²) in [5.41, 5.74) is 3.72. The molecule has 2 N–H and O–H groups in total. The summed E-state index contributed by atoms with van der Waals surface area (Å²) in [5.74, 6) is -6.72. The topological polar surface area (TPSA) is 129 Å². The van der Waals surface area contributed by atoms with E-state index in [0.29, 0.717) is 0 Å². The van der Waals surface area contributed by atoms with Gasteiger partial charge in [-0.1, -0.05) is 48.5 Å². The Morgan fingerprint density at radius 2 is 1.73 bits per heavy atom. The molecule has 0 radical (unpaired) electrons. The quantitative estimate of drug-likeness (QED) is 0.474. The Hall–Kier alpha value is -4.59. The number of alkyl halides is 3. The number of aromatic nitrogens is 2. The summed E-state index contributed by atoms with van der Waals surface area (Å²) in [6, 6.07) is 16.6. The lowest BCUT2D eigenvalue weighted by molar-refractivity contribution is -0.678. The van der Waals surface area contributed by atoms with Crippen LogP contribution in [0, 0.1) is 11.3 Å².